The van der Waals surface area contributed by atoms with Gasteiger partial charge < -0.3 is 10.8 Å². The fourth-order valence-electron chi connectivity index (χ4n) is 1.78. The number of aliphatic hydroxyl groups is 1. The summed E-state index contributed by atoms with van der Waals surface area (Å²) in [6, 6.07) is 6.34. The van der Waals surface area contributed by atoms with Crippen molar-refractivity contribution in [1.82, 2.24) is 4.31 Å². The first kappa shape index (κ1) is 17.9. The first-order valence-corrected chi connectivity index (χ1v) is 8.04. The molecule has 0 saturated heterocycles. The van der Waals surface area contributed by atoms with Gasteiger partial charge in [0.2, 0.25) is 10.0 Å². The zero-order chi connectivity index (χ0) is 16.0. The van der Waals surface area contributed by atoms with Crippen LogP contribution in [0.5, 0.6) is 0 Å². The van der Waals surface area contributed by atoms with Crippen molar-refractivity contribution >= 4 is 27.2 Å². The van der Waals surface area contributed by atoms with E-state index in [2.05, 4.69) is 0 Å². The Morgan fingerprint density at radius 3 is 2.52 bits per heavy atom. The van der Waals surface area contributed by atoms with Crippen LogP contribution in [0.1, 0.15) is 11.1 Å². The van der Waals surface area contributed by atoms with Gasteiger partial charge in [-0.3, -0.25) is 0 Å². The van der Waals surface area contributed by atoms with Gasteiger partial charge in [0.1, 0.15) is 4.99 Å². The van der Waals surface area contributed by atoms with Gasteiger partial charge in [-0.15, -0.1) is 0 Å². The molecular formula is C12H16F2N2O3S2. The lowest BCUT2D eigenvalue weighted by molar-refractivity contribution is 0.113. The van der Waals surface area contributed by atoms with Crippen molar-refractivity contribution in [3.63, 3.8) is 0 Å². The number of nitrogens with zero attached hydrogens (tertiary/aromatic N) is 1. The quantitative estimate of drug-likeness (QED) is 0.682. The van der Waals surface area contributed by atoms with E-state index in [1.807, 2.05) is 0 Å². The molecule has 0 bridgehead atoms. The van der Waals surface area contributed by atoms with Crippen LogP contribution in [0.25, 0.3) is 0 Å². The molecule has 0 heterocycles. The molecule has 1 aromatic rings. The Kier molecular flexibility index (Phi) is 6.59. The average Bonchev–Trinajstić information content (AvgIpc) is 2.37. The minimum atomic E-state index is -4.01. The SMILES string of the molecule is NC(=S)c1ccccc1CS(=O)(=O)N(CCO)CC(F)F. The monoisotopic (exact) mass is 338 g/mol. The van der Waals surface area contributed by atoms with Crippen molar-refractivity contribution in [1.29, 1.82) is 0 Å². The summed E-state index contributed by atoms with van der Waals surface area (Å²) in [7, 11) is -4.01. The number of rotatable bonds is 8. The first-order valence-electron chi connectivity index (χ1n) is 6.02. The van der Waals surface area contributed by atoms with Gasteiger partial charge in [0, 0.05) is 12.1 Å². The van der Waals surface area contributed by atoms with Crippen LogP contribution in [0.3, 0.4) is 0 Å². The van der Waals surface area contributed by atoms with Gasteiger partial charge in [0.05, 0.1) is 18.9 Å². The summed E-state index contributed by atoms with van der Waals surface area (Å²) >= 11 is 4.83. The van der Waals surface area contributed by atoms with Gasteiger partial charge in [0.15, 0.2) is 0 Å². The summed E-state index contributed by atoms with van der Waals surface area (Å²) in [5.41, 5.74) is 6.23. The van der Waals surface area contributed by atoms with E-state index in [0.717, 1.165) is 0 Å². The largest absolute Gasteiger partial charge is 0.395 e. The number of sulfonamides is 1. The summed E-state index contributed by atoms with van der Waals surface area (Å²) in [6.07, 6.45) is -2.82. The molecule has 1 aromatic carbocycles. The summed E-state index contributed by atoms with van der Waals surface area (Å²) in [6.45, 7) is -1.89. The van der Waals surface area contributed by atoms with Gasteiger partial charge in [-0.25, -0.2) is 17.2 Å². The molecule has 0 aliphatic carbocycles. The normalized spacial score (nSPS) is 12.0. The Hall–Kier alpha value is -1.16. The Bertz CT molecular complexity index is 594. The second-order valence-corrected chi connectivity index (χ2v) is 6.66. The smallest absolute Gasteiger partial charge is 0.252 e. The molecule has 0 atom stereocenters. The van der Waals surface area contributed by atoms with Crippen LogP contribution in [0.2, 0.25) is 0 Å². The highest BCUT2D eigenvalue weighted by Gasteiger charge is 2.26. The Morgan fingerprint density at radius 1 is 1.38 bits per heavy atom. The second-order valence-electron chi connectivity index (χ2n) is 4.25. The molecule has 0 saturated carbocycles. The minimum absolute atomic E-state index is 0.0309. The predicted molar refractivity (Wildman–Crippen MR) is 79.6 cm³/mol. The summed E-state index contributed by atoms with van der Waals surface area (Å²) in [4.78, 5) is 0.0309. The third-order valence-corrected chi connectivity index (χ3v) is 4.72. The molecular weight excluding hydrogens is 322 g/mol. The van der Waals surface area contributed by atoms with Crippen LogP contribution in [-0.2, 0) is 15.8 Å². The molecule has 21 heavy (non-hydrogen) atoms. The third kappa shape index (κ3) is 5.27. The molecule has 0 fully saturated rings. The maximum atomic E-state index is 12.5. The number of aliphatic hydroxyl groups excluding tert-OH is 1. The van der Waals surface area contributed by atoms with E-state index in [4.69, 9.17) is 23.1 Å². The molecule has 0 amide bonds. The van der Waals surface area contributed by atoms with Crippen LogP contribution in [0.4, 0.5) is 8.78 Å². The number of alkyl halides is 2. The van der Waals surface area contributed by atoms with Crippen molar-refractivity contribution in [2.45, 2.75) is 12.2 Å². The number of thiocarbonyl (C=S) groups is 1. The topological polar surface area (TPSA) is 83.6 Å². The molecule has 9 heteroatoms. The number of hydrogen-bond donors (Lipinski definition) is 2. The number of benzene rings is 1. The van der Waals surface area contributed by atoms with Crippen molar-refractivity contribution < 1.29 is 22.3 Å². The van der Waals surface area contributed by atoms with E-state index < -0.39 is 35.4 Å². The zero-order valence-corrected chi connectivity index (χ0v) is 12.7. The standard InChI is InChI=1S/C12H16F2N2O3S2/c13-11(14)7-16(5-6-17)21(18,19)8-9-3-1-2-4-10(9)12(15)20/h1-4,11,17H,5-8H2,(H2,15,20). The molecule has 0 aromatic heterocycles. The molecule has 0 unspecified atom stereocenters. The zero-order valence-electron chi connectivity index (χ0n) is 11.1. The molecule has 3 N–H and O–H groups in total. The van der Waals surface area contributed by atoms with Crippen molar-refractivity contribution in [3.8, 4) is 0 Å². The molecule has 0 radical (unpaired) electrons. The Labute approximate surface area is 127 Å². The predicted octanol–water partition coefficient (Wildman–Crippen LogP) is 0.710. The summed E-state index contributed by atoms with van der Waals surface area (Å²) in [5.74, 6) is -0.507. The molecule has 118 valence electrons. The van der Waals surface area contributed by atoms with Crippen LogP contribution in [-0.4, -0.2) is 48.9 Å². The fourth-order valence-corrected chi connectivity index (χ4v) is 3.51. The Morgan fingerprint density at radius 2 is 2.00 bits per heavy atom. The third-order valence-electron chi connectivity index (χ3n) is 2.71. The maximum Gasteiger partial charge on any atom is 0.252 e. The van der Waals surface area contributed by atoms with Gasteiger partial charge >= 0.3 is 0 Å². The number of hydrogen-bond acceptors (Lipinski definition) is 4. The first-order chi connectivity index (χ1) is 9.77. The van der Waals surface area contributed by atoms with Crippen LogP contribution in [0.15, 0.2) is 24.3 Å². The molecule has 0 aliphatic heterocycles. The maximum absolute atomic E-state index is 12.5. The van der Waals surface area contributed by atoms with Crippen LogP contribution in [0, 0.1) is 0 Å². The van der Waals surface area contributed by atoms with Crippen LogP contribution < -0.4 is 5.73 Å². The number of halogens is 2. The average molecular weight is 338 g/mol. The van der Waals surface area contributed by atoms with Gasteiger partial charge in [-0.05, 0) is 5.56 Å². The van der Waals surface area contributed by atoms with E-state index in [-0.39, 0.29) is 11.5 Å². The molecule has 0 aliphatic rings. The summed E-state index contributed by atoms with van der Waals surface area (Å²) < 4.78 is 49.9. The number of nitrogens with two attached hydrogens (primary N) is 1. The minimum Gasteiger partial charge on any atom is -0.395 e. The fraction of sp³-hybridized carbons (Fsp3) is 0.417. The molecule has 1 rings (SSSR count). The highest BCUT2D eigenvalue weighted by atomic mass is 32.2. The lowest BCUT2D eigenvalue weighted by Crippen LogP contribution is -2.38. The van der Waals surface area contributed by atoms with E-state index in [9.17, 15) is 17.2 Å². The van der Waals surface area contributed by atoms with E-state index in [1.54, 1.807) is 18.2 Å². The molecule has 0 spiro atoms. The van der Waals surface area contributed by atoms with Crippen molar-refractivity contribution in [3.05, 3.63) is 35.4 Å². The van der Waals surface area contributed by atoms with Gasteiger partial charge in [-0.2, -0.15) is 4.31 Å². The van der Waals surface area contributed by atoms with Gasteiger partial charge in [-0.1, -0.05) is 36.5 Å². The van der Waals surface area contributed by atoms with E-state index >= 15 is 0 Å². The summed E-state index contributed by atoms with van der Waals surface area (Å²) in [5, 5.41) is 8.83. The van der Waals surface area contributed by atoms with Gasteiger partial charge in [0.25, 0.3) is 6.43 Å². The van der Waals surface area contributed by atoms with E-state index in [1.165, 1.54) is 6.07 Å². The highest BCUT2D eigenvalue weighted by Crippen LogP contribution is 2.16. The highest BCUT2D eigenvalue weighted by molar-refractivity contribution is 7.88. The van der Waals surface area contributed by atoms with E-state index in [0.29, 0.717) is 15.4 Å². The Balaban J connectivity index is 3.05. The lowest BCUT2D eigenvalue weighted by atomic mass is 10.1. The lowest BCUT2D eigenvalue weighted by Gasteiger charge is -2.21. The van der Waals surface area contributed by atoms with Crippen molar-refractivity contribution in [2.24, 2.45) is 5.73 Å². The van der Waals surface area contributed by atoms with Crippen molar-refractivity contribution in [2.75, 3.05) is 19.7 Å². The molecule has 5 nitrogen and oxygen atoms in total. The van der Waals surface area contributed by atoms with Crippen LogP contribution >= 0.6 is 12.2 Å². The second kappa shape index (κ2) is 7.74.